The molecule has 4 heteroatoms. The quantitative estimate of drug-likeness (QED) is 0.914. The first kappa shape index (κ1) is 14.8. The van der Waals surface area contributed by atoms with E-state index in [1.54, 1.807) is 0 Å². The minimum absolute atomic E-state index is 0.719. The molecule has 108 valence electrons. The molecule has 0 atom stereocenters. The SMILES string of the molecule is CCN(CC1CCNCC1)c1cc(C)nc(C)c1C#N. The van der Waals surface area contributed by atoms with Gasteiger partial charge < -0.3 is 10.2 Å². The van der Waals surface area contributed by atoms with Crippen LogP contribution in [0.3, 0.4) is 0 Å². The van der Waals surface area contributed by atoms with E-state index in [4.69, 9.17) is 0 Å². The Morgan fingerprint density at radius 3 is 2.70 bits per heavy atom. The van der Waals surface area contributed by atoms with E-state index in [1.807, 2.05) is 13.8 Å². The normalized spacial score (nSPS) is 15.9. The topological polar surface area (TPSA) is 52.0 Å². The monoisotopic (exact) mass is 272 g/mol. The lowest BCUT2D eigenvalue weighted by Gasteiger charge is -2.31. The highest BCUT2D eigenvalue weighted by Gasteiger charge is 2.19. The van der Waals surface area contributed by atoms with E-state index in [0.717, 1.165) is 54.7 Å². The Morgan fingerprint density at radius 1 is 1.40 bits per heavy atom. The first-order valence-corrected chi connectivity index (χ1v) is 7.49. The van der Waals surface area contributed by atoms with Crippen LogP contribution in [0.2, 0.25) is 0 Å². The van der Waals surface area contributed by atoms with E-state index in [2.05, 4.69) is 34.3 Å². The number of hydrogen-bond donors (Lipinski definition) is 1. The molecule has 0 unspecified atom stereocenters. The minimum Gasteiger partial charge on any atom is -0.370 e. The van der Waals surface area contributed by atoms with Crippen molar-refractivity contribution < 1.29 is 0 Å². The fourth-order valence-corrected chi connectivity index (χ4v) is 2.97. The summed E-state index contributed by atoms with van der Waals surface area (Å²) in [6, 6.07) is 4.38. The Balaban J connectivity index is 2.24. The second-order valence-corrected chi connectivity index (χ2v) is 5.59. The van der Waals surface area contributed by atoms with Gasteiger partial charge in [0.15, 0.2) is 0 Å². The zero-order valence-electron chi connectivity index (χ0n) is 12.7. The number of nitrogens with zero attached hydrogens (tertiary/aromatic N) is 3. The van der Waals surface area contributed by atoms with Crippen molar-refractivity contribution in [2.75, 3.05) is 31.1 Å². The van der Waals surface area contributed by atoms with Gasteiger partial charge in [-0.25, -0.2) is 0 Å². The summed E-state index contributed by atoms with van der Waals surface area (Å²) >= 11 is 0. The van der Waals surface area contributed by atoms with Crippen molar-refractivity contribution in [1.29, 1.82) is 5.26 Å². The fraction of sp³-hybridized carbons (Fsp3) is 0.625. The molecule has 4 nitrogen and oxygen atoms in total. The summed E-state index contributed by atoms with van der Waals surface area (Å²) in [6.07, 6.45) is 2.45. The maximum atomic E-state index is 9.41. The highest BCUT2D eigenvalue weighted by Crippen LogP contribution is 2.25. The summed E-state index contributed by atoms with van der Waals surface area (Å²) in [5.41, 5.74) is 3.61. The lowest BCUT2D eigenvalue weighted by molar-refractivity contribution is 0.374. The van der Waals surface area contributed by atoms with Crippen LogP contribution in [-0.2, 0) is 0 Å². The van der Waals surface area contributed by atoms with Gasteiger partial charge in [0.2, 0.25) is 0 Å². The fourth-order valence-electron chi connectivity index (χ4n) is 2.97. The molecule has 0 bridgehead atoms. The van der Waals surface area contributed by atoms with Crippen molar-refractivity contribution in [3.05, 3.63) is 23.0 Å². The van der Waals surface area contributed by atoms with E-state index in [1.165, 1.54) is 12.8 Å². The third-order valence-electron chi connectivity index (χ3n) is 4.08. The number of anilines is 1. The second kappa shape index (κ2) is 6.71. The highest BCUT2D eigenvalue weighted by molar-refractivity contribution is 5.61. The molecule has 0 amide bonds. The van der Waals surface area contributed by atoms with Crippen LogP contribution in [0.5, 0.6) is 0 Å². The van der Waals surface area contributed by atoms with Crippen LogP contribution < -0.4 is 10.2 Å². The molecule has 1 fully saturated rings. The van der Waals surface area contributed by atoms with Crippen molar-refractivity contribution in [1.82, 2.24) is 10.3 Å². The molecule has 0 spiro atoms. The molecule has 1 N–H and O–H groups in total. The molecule has 1 aliphatic heterocycles. The smallest absolute Gasteiger partial charge is 0.103 e. The van der Waals surface area contributed by atoms with Gasteiger partial charge in [0.1, 0.15) is 6.07 Å². The van der Waals surface area contributed by atoms with Crippen LogP contribution in [0.25, 0.3) is 0 Å². The number of aromatic nitrogens is 1. The zero-order valence-corrected chi connectivity index (χ0v) is 12.7. The van der Waals surface area contributed by atoms with Gasteiger partial charge in [-0.3, -0.25) is 4.98 Å². The predicted octanol–water partition coefficient (Wildman–Crippen LogP) is 2.40. The molecule has 1 aromatic heterocycles. The van der Waals surface area contributed by atoms with Crippen molar-refractivity contribution in [3.63, 3.8) is 0 Å². The Labute approximate surface area is 121 Å². The first-order chi connectivity index (χ1) is 9.65. The number of pyridine rings is 1. The Bertz CT molecular complexity index is 498. The average Bonchev–Trinajstić information content (AvgIpc) is 2.45. The van der Waals surface area contributed by atoms with Crippen molar-refractivity contribution >= 4 is 5.69 Å². The maximum Gasteiger partial charge on any atom is 0.103 e. The minimum atomic E-state index is 0.719. The summed E-state index contributed by atoms with van der Waals surface area (Å²) in [4.78, 5) is 6.75. The highest BCUT2D eigenvalue weighted by atomic mass is 15.1. The molecular formula is C16H24N4. The largest absolute Gasteiger partial charge is 0.370 e. The molecule has 1 saturated heterocycles. The van der Waals surface area contributed by atoms with Gasteiger partial charge in [0.05, 0.1) is 16.9 Å². The number of rotatable bonds is 4. The lowest BCUT2D eigenvalue weighted by Crippen LogP contribution is -2.36. The summed E-state index contributed by atoms with van der Waals surface area (Å²) in [6.45, 7) is 10.3. The van der Waals surface area contributed by atoms with Crippen LogP contribution in [0, 0.1) is 31.1 Å². The zero-order chi connectivity index (χ0) is 14.5. The third-order valence-corrected chi connectivity index (χ3v) is 4.08. The molecule has 0 radical (unpaired) electrons. The predicted molar refractivity (Wildman–Crippen MR) is 81.9 cm³/mol. The van der Waals surface area contributed by atoms with Gasteiger partial charge >= 0.3 is 0 Å². The first-order valence-electron chi connectivity index (χ1n) is 7.49. The standard InChI is InChI=1S/C16H24N4/c1-4-20(11-14-5-7-18-8-6-14)16-9-12(2)19-13(3)15(16)10-17/h9,14,18H,4-8,11H2,1-3H3. The Morgan fingerprint density at radius 2 is 2.10 bits per heavy atom. The molecule has 1 aromatic rings. The summed E-state index contributed by atoms with van der Waals surface area (Å²) in [5.74, 6) is 0.719. The van der Waals surface area contributed by atoms with Crippen LogP contribution in [0.15, 0.2) is 6.07 Å². The van der Waals surface area contributed by atoms with E-state index < -0.39 is 0 Å². The van der Waals surface area contributed by atoms with E-state index in [9.17, 15) is 5.26 Å². The lowest BCUT2D eigenvalue weighted by atomic mass is 9.97. The van der Waals surface area contributed by atoms with E-state index in [-0.39, 0.29) is 0 Å². The number of nitrogens with one attached hydrogen (secondary N) is 1. The van der Waals surface area contributed by atoms with Gasteiger partial charge in [-0.2, -0.15) is 5.26 Å². The molecule has 0 aliphatic carbocycles. The molecular weight excluding hydrogens is 248 g/mol. The number of piperidine rings is 1. The maximum absolute atomic E-state index is 9.41. The third kappa shape index (κ3) is 3.29. The van der Waals surface area contributed by atoms with Gasteiger partial charge in [-0.1, -0.05) is 0 Å². The summed E-state index contributed by atoms with van der Waals surface area (Å²) in [5, 5.41) is 12.8. The van der Waals surface area contributed by atoms with Gasteiger partial charge in [0, 0.05) is 18.8 Å². The Hall–Kier alpha value is -1.60. The molecule has 2 rings (SSSR count). The molecule has 2 heterocycles. The summed E-state index contributed by atoms with van der Waals surface area (Å²) in [7, 11) is 0. The van der Waals surface area contributed by atoms with E-state index >= 15 is 0 Å². The molecule has 1 aliphatic rings. The van der Waals surface area contributed by atoms with E-state index in [0.29, 0.717) is 0 Å². The van der Waals surface area contributed by atoms with Gasteiger partial charge in [0.25, 0.3) is 0 Å². The number of nitriles is 1. The van der Waals surface area contributed by atoms with Crippen molar-refractivity contribution in [2.24, 2.45) is 5.92 Å². The van der Waals surface area contributed by atoms with Crippen LogP contribution in [0.4, 0.5) is 5.69 Å². The average molecular weight is 272 g/mol. The van der Waals surface area contributed by atoms with Gasteiger partial charge in [-0.15, -0.1) is 0 Å². The van der Waals surface area contributed by atoms with Crippen molar-refractivity contribution in [3.8, 4) is 6.07 Å². The van der Waals surface area contributed by atoms with Gasteiger partial charge in [-0.05, 0) is 58.7 Å². The molecule has 0 saturated carbocycles. The molecule has 20 heavy (non-hydrogen) atoms. The Kier molecular flexibility index (Phi) is 4.97. The van der Waals surface area contributed by atoms with Crippen molar-refractivity contribution in [2.45, 2.75) is 33.6 Å². The summed E-state index contributed by atoms with van der Waals surface area (Å²) < 4.78 is 0. The number of hydrogen-bond acceptors (Lipinski definition) is 4. The number of aryl methyl sites for hydroxylation is 2. The van der Waals surface area contributed by atoms with Crippen LogP contribution in [-0.4, -0.2) is 31.2 Å². The molecule has 0 aromatic carbocycles. The van der Waals surface area contributed by atoms with Crippen LogP contribution in [0.1, 0.15) is 36.7 Å². The second-order valence-electron chi connectivity index (χ2n) is 5.59. The van der Waals surface area contributed by atoms with Crippen LogP contribution >= 0.6 is 0 Å².